The predicted molar refractivity (Wildman–Crippen MR) is 102 cm³/mol. The third kappa shape index (κ3) is 8.77. The van der Waals surface area contributed by atoms with Crippen LogP contribution in [0.5, 0.6) is 0 Å². The summed E-state index contributed by atoms with van der Waals surface area (Å²) >= 11 is 5.98. The van der Waals surface area contributed by atoms with E-state index in [4.69, 9.17) is 26.8 Å². The number of guanidine groups is 1. The van der Waals surface area contributed by atoms with Crippen LogP contribution >= 0.6 is 35.6 Å². The highest BCUT2D eigenvalue weighted by molar-refractivity contribution is 14.0. The van der Waals surface area contributed by atoms with Gasteiger partial charge in [0.1, 0.15) is 6.10 Å². The maximum Gasteiger partial charge on any atom is 0.188 e. The summed E-state index contributed by atoms with van der Waals surface area (Å²) in [6, 6.07) is 7.55. The minimum Gasteiger partial charge on any atom is -0.382 e. The lowest BCUT2D eigenvalue weighted by Crippen LogP contribution is -2.33. The molecule has 0 spiro atoms. The minimum absolute atomic E-state index is 0. The lowest BCUT2D eigenvalue weighted by atomic mass is 10.1. The van der Waals surface area contributed by atoms with E-state index in [0.717, 1.165) is 31.7 Å². The lowest BCUT2D eigenvalue weighted by Gasteiger charge is -2.14. The van der Waals surface area contributed by atoms with Crippen LogP contribution in [-0.4, -0.2) is 39.4 Å². The molecule has 1 rings (SSSR count). The van der Waals surface area contributed by atoms with Crippen molar-refractivity contribution >= 4 is 41.5 Å². The van der Waals surface area contributed by atoms with Gasteiger partial charge in [0.25, 0.3) is 0 Å². The van der Waals surface area contributed by atoms with Crippen molar-refractivity contribution in [3.05, 3.63) is 34.9 Å². The zero-order chi connectivity index (χ0) is 15.5. The average molecular weight is 442 g/mol. The van der Waals surface area contributed by atoms with Gasteiger partial charge in [0, 0.05) is 31.9 Å². The predicted octanol–water partition coefficient (Wildman–Crippen LogP) is 2.98. The first kappa shape index (κ1) is 21.4. The van der Waals surface area contributed by atoms with Crippen LogP contribution in [0.25, 0.3) is 0 Å². The van der Waals surface area contributed by atoms with Crippen LogP contribution in [0.3, 0.4) is 0 Å². The number of ether oxygens (including phenoxy) is 2. The normalized spacial score (nSPS) is 12.6. The number of methoxy groups -OCH3 is 1. The molecule has 7 heteroatoms. The highest BCUT2D eigenvalue weighted by atomic mass is 127. The van der Waals surface area contributed by atoms with Gasteiger partial charge in [-0.15, -0.1) is 24.0 Å². The van der Waals surface area contributed by atoms with Gasteiger partial charge in [0.05, 0.1) is 6.54 Å². The van der Waals surface area contributed by atoms with E-state index >= 15 is 0 Å². The van der Waals surface area contributed by atoms with Crippen molar-refractivity contribution in [1.29, 1.82) is 0 Å². The second-order valence-electron chi connectivity index (χ2n) is 4.48. The van der Waals surface area contributed by atoms with E-state index < -0.39 is 0 Å². The SMILES string of the molecule is CCOCCCNC(N)=NCC(OC)c1cccc(Cl)c1.I. The van der Waals surface area contributed by atoms with E-state index in [2.05, 4.69) is 10.3 Å². The van der Waals surface area contributed by atoms with Crippen molar-refractivity contribution in [2.75, 3.05) is 33.4 Å². The molecule has 0 heterocycles. The molecule has 0 radical (unpaired) electrons. The Kier molecular flexibility index (Phi) is 12.6. The molecule has 0 fully saturated rings. The van der Waals surface area contributed by atoms with E-state index in [1.807, 2.05) is 31.2 Å². The third-order valence-electron chi connectivity index (χ3n) is 2.91. The lowest BCUT2D eigenvalue weighted by molar-refractivity contribution is 0.111. The fourth-order valence-corrected chi connectivity index (χ4v) is 1.99. The Labute approximate surface area is 154 Å². The van der Waals surface area contributed by atoms with Gasteiger partial charge in [-0.05, 0) is 31.0 Å². The summed E-state index contributed by atoms with van der Waals surface area (Å²) in [7, 11) is 1.65. The van der Waals surface area contributed by atoms with E-state index in [-0.39, 0.29) is 30.1 Å². The summed E-state index contributed by atoms with van der Waals surface area (Å²) < 4.78 is 10.7. The molecular formula is C15H25ClIN3O2. The van der Waals surface area contributed by atoms with Gasteiger partial charge in [0.2, 0.25) is 0 Å². The first-order valence-corrected chi connectivity index (χ1v) is 7.45. The molecule has 0 saturated heterocycles. The molecule has 1 atom stereocenters. The van der Waals surface area contributed by atoms with Crippen LogP contribution in [0.4, 0.5) is 0 Å². The van der Waals surface area contributed by atoms with Crippen LogP contribution in [0.1, 0.15) is 25.0 Å². The number of nitrogens with zero attached hydrogens (tertiary/aromatic N) is 1. The van der Waals surface area contributed by atoms with Gasteiger partial charge in [0.15, 0.2) is 5.96 Å². The molecule has 3 N–H and O–H groups in total. The second kappa shape index (κ2) is 12.9. The van der Waals surface area contributed by atoms with Crippen molar-refractivity contribution < 1.29 is 9.47 Å². The quantitative estimate of drug-likeness (QED) is 0.268. The van der Waals surface area contributed by atoms with Crippen molar-refractivity contribution in [1.82, 2.24) is 5.32 Å². The molecule has 0 aliphatic rings. The number of nitrogens with two attached hydrogens (primary N) is 1. The number of aliphatic imine (C=N–C) groups is 1. The minimum atomic E-state index is -0.160. The molecule has 0 aromatic heterocycles. The van der Waals surface area contributed by atoms with Gasteiger partial charge < -0.3 is 20.5 Å². The number of halogens is 2. The van der Waals surface area contributed by atoms with Crippen molar-refractivity contribution in [2.45, 2.75) is 19.4 Å². The molecule has 0 aliphatic heterocycles. The fraction of sp³-hybridized carbons (Fsp3) is 0.533. The summed E-state index contributed by atoms with van der Waals surface area (Å²) in [6.45, 7) is 4.62. The Bertz CT molecular complexity index is 447. The highest BCUT2D eigenvalue weighted by Gasteiger charge is 2.10. The number of rotatable bonds is 9. The molecular weight excluding hydrogens is 417 g/mol. The van der Waals surface area contributed by atoms with Crippen molar-refractivity contribution in [3.8, 4) is 0 Å². The van der Waals surface area contributed by atoms with E-state index in [0.29, 0.717) is 17.5 Å². The summed E-state index contributed by atoms with van der Waals surface area (Å²) in [6.07, 6.45) is 0.735. The standard InChI is InChI=1S/C15H24ClN3O2.HI/c1-3-21-9-5-8-18-15(17)19-11-14(20-2)12-6-4-7-13(16)10-12;/h4,6-7,10,14H,3,5,8-9,11H2,1-2H3,(H3,17,18,19);1H. The zero-order valence-corrected chi connectivity index (χ0v) is 16.1. The van der Waals surface area contributed by atoms with Crippen LogP contribution in [0, 0.1) is 0 Å². The maximum absolute atomic E-state index is 5.98. The molecule has 0 amide bonds. The van der Waals surface area contributed by atoms with Gasteiger partial charge >= 0.3 is 0 Å². The molecule has 5 nitrogen and oxygen atoms in total. The molecule has 22 heavy (non-hydrogen) atoms. The summed E-state index contributed by atoms with van der Waals surface area (Å²) in [5, 5.41) is 3.73. The third-order valence-corrected chi connectivity index (χ3v) is 3.14. The number of benzene rings is 1. The smallest absolute Gasteiger partial charge is 0.188 e. The second-order valence-corrected chi connectivity index (χ2v) is 4.92. The van der Waals surface area contributed by atoms with Gasteiger partial charge in [-0.1, -0.05) is 23.7 Å². The van der Waals surface area contributed by atoms with Crippen LogP contribution in [-0.2, 0) is 9.47 Å². The van der Waals surface area contributed by atoms with E-state index in [1.165, 1.54) is 0 Å². The fourth-order valence-electron chi connectivity index (χ4n) is 1.80. The number of hydrogen-bond donors (Lipinski definition) is 2. The first-order chi connectivity index (χ1) is 10.2. The number of nitrogens with one attached hydrogen (secondary N) is 1. The van der Waals surface area contributed by atoms with Crippen molar-refractivity contribution in [3.63, 3.8) is 0 Å². The monoisotopic (exact) mass is 441 g/mol. The Hall–Kier alpha value is -0.570. The molecule has 0 saturated carbocycles. The van der Waals surface area contributed by atoms with Crippen LogP contribution < -0.4 is 11.1 Å². The molecule has 1 aromatic carbocycles. The Morgan fingerprint density at radius 2 is 2.23 bits per heavy atom. The van der Waals surface area contributed by atoms with Crippen LogP contribution in [0.15, 0.2) is 29.3 Å². The van der Waals surface area contributed by atoms with E-state index in [1.54, 1.807) is 7.11 Å². The summed E-state index contributed by atoms with van der Waals surface area (Å²) in [5.74, 6) is 0.413. The van der Waals surface area contributed by atoms with Crippen molar-refractivity contribution in [2.24, 2.45) is 10.7 Å². The molecule has 1 aromatic rings. The Morgan fingerprint density at radius 1 is 1.45 bits per heavy atom. The molecule has 1 unspecified atom stereocenters. The summed E-state index contributed by atoms with van der Waals surface area (Å²) in [5.41, 5.74) is 6.80. The zero-order valence-electron chi connectivity index (χ0n) is 13.0. The van der Waals surface area contributed by atoms with Gasteiger partial charge in [-0.3, -0.25) is 4.99 Å². The van der Waals surface area contributed by atoms with E-state index in [9.17, 15) is 0 Å². The number of hydrogen-bond acceptors (Lipinski definition) is 3. The Balaban J connectivity index is 0.00000441. The molecule has 0 aliphatic carbocycles. The van der Waals surface area contributed by atoms with Crippen LogP contribution in [0.2, 0.25) is 5.02 Å². The van der Waals surface area contributed by atoms with Gasteiger partial charge in [-0.2, -0.15) is 0 Å². The largest absolute Gasteiger partial charge is 0.382 e. The first-order valence-electron chi connectivity index (χ1n) is 7.07. The average Bonchev–Trinajstić information content (AvgIpc) is 2.48. The Morgan fingerprint density at radius 3 is 2.86 bits per heavy atom. The maximum atomic E-state index is 5.98. The molecule has 0 bridgehead atoms. The summed E-state index contributed by atoms with van der Waals surface area (Å²) in [4.78, 5) is 4.29. The highest BCUT2D eigenvalue weighted by Crippen LogP contribution is 2.20. The topological polar surface area (TPSA) is 68.9 Å². The molecule has 126 valence electrons. The van der Waals surface area contributed by atoms with Gasteiger partial charge in [-0.25, -0.2) is 0 Å².